The molecule has 0 aliphatic heterocycles. The number of carbonyl (C=O) groups excluding carboxylic acids is 1. The summed E-state index contributed by atoms with van der Waals surface area (Å²) in [5.41, 5.74) is 0.907. The second-order valence-electron chi connectivity index (χ2n) is 5.02. The molecule has 1 N–H and O–H groups in total. The minimum absolute atomic E-state index is 0.0520. The lowest BCUT2D eigenvalue weighted by atomic mass is 10.1. The lowest BCUT2D eigenvalue weighted by Gasteiger charge is -2.04. The molecule has 1 aromatic heterocycles. The highest BCUT2D eigenvalue weighted by Crippen LogP contribution is 2.36. The maximum absolute atomic E-state index is 12.4. The first-order valence-corrected chi connectivity index (χ1v) is 9.17. The standard InChI is InChI=1S/C18H15BrO4S/c1-2-22-18(21)17-12-8-14(20)13(19)9-15(12)23-16(17)10-24-11-6-4-3-5-7-11/h3-9,20H,2,10H2,1H3. The molecule has 4 nitrogen and oxygen atoms in total. The van der Waals surface area contributed by atoms with E-state index in [0.717, 1.165) is 4.90 Å². The van der Waals surface area contributed by atoms with E-state index in [4.69, 9.17) is 9.15 Å². The van der Waals surface area contributed by atoms with Crippen molar-refractivity contribution in [3.63, 3.8) is 0 Å². The second-order valence-corrected chi connectivity index (χ2v) is 6.93. The van der Waals surface area contributed by atoms with Crippen molar-refractivity contribution in [1.29, 1.82) is 0 Å². The Labute approximate surface area is 151 Å². The Balaban J connectivity index is 2.01. The third-order valence-electron chi connectivity index (χ3n) is 3.42. The smallest absolute Gasteiger partial charge is 0.342 e. The van der Waals surface area contributed by atoms with Crippen LogP contribution in [0, 0.1) is 0 Å². The van der Waals surface area contributed by atoms with E-state index in [0.29, 0.717) is 32.5 Å². The predicted octanol–water partition coefficient (Wildman–Crippen LogP) is 5.37. The summed E-state index contributed by atoms with van der Waals surface area (Å²) >= 11 is 4.83. The number of hydrogen-bond donors (Lipinski definition) is 1. The number of benzene rings is 2. The van der Waals surface area contributed by atoms with Gasteiger partial charge in [-0.15, -0.1) is 11.8 Å². The Morgan fingerprint density at radius 1 is 1.29 bits per heavy atom. The largest absolute Gasteiger partial charge is 0.507 e. The van der Waals surface area contributed by atoms with Gasteiger partial charge in [-0.1, -0.05) is 18.2 Å². The third kappa shape index (κ3) is 3.44. The van der Waals surface area contributed by atoms with E-state index in [1.54, 1.807) is 24.8 Å². The summed E-state index contributed by atoms with van der Waals surface area (Å²) in [4.78, 5) is 13.4. The van der Waals surface area contributed by atoms with Gasteiger partial charge in [-0.25, -0.2) is 4.79 Å². The van der Waals surface area contributed by atoms with Gasteiger partial charge in [0.25, 0.3) is 0 Å². The van der Waals surface area contributed by atoms with E-state index in [9.17, 15) is 9.90 Å². The fourth-order valence-corrected chi connectivity index (χ4v) is 3.52. The van der Waals surface area contributed by atoms with Gasteiger partial charge in [-0.3, -0.25) is 0 Å². The topological polar surface area (TPSA) is 59.7 Å². The number of thioether (sulfide) groups is 1. The molecule has 0 unspecified atom stereocenters. The maximum atomic E-state index is 12.4. The van der Waals surface area contributed by atoms with Gasteiger partial charge in [0.1, 0.15) is 22.7 Å². The Hall–Kier alpha value is -1.92. The Morgan fingerprint density at radius 2 is 2.04 bits per heavy atom. The van der Waals surface area contributed by atoms with Gasteiger partial charge in [0.05, 0.1) is 16.8 Å². The molecule has 124 valence electrons. The number of phenols is 1. The van der Waals surface area contributed by atoms with Gasteiger partial charge in [0.2, 0.25) is 0 Å². The van der Waals surface area contributed by atoms with Crippen LogP contribution in [0.4, 0.5) is 0 Å². The van der Waals surface area contributed by atoms with Crippen LogP contribution in [-0.4, -0.2) is 17.7 Å². The number of phenolic OH excluding ortho intramolecular Hbond substituents is 1. The summed E-state index contributed by atoms with van der Waals surface area (Å²) < 4.78 is 11.5. The van der Waals surface area contributed by atoms with Crippen LogP contribution >= 0.6 is 27.7 Å². The molecule has 0 fully saturated rings. The van der Waals surface area contributed by atoms with Crippen LogP contribution in [0.25, 0.3) is 11.0 Å². The van der Waals surface area contributed by atoms with Crippen LogP contribution in [0.5, 0.6) is 5.75 Å². The van der Waals surface area contributed by atoms with Crippen LogP contribution in [0.1, 0.15) is 23.0 Å². The van der Waals surface area contributed by atoms with Gasteiger partial charge < -0.3 is 14.3 Å². The molecule has 24 heavy (non-hydrogen) atoms. The van der Waals surface area contributed by atoms with Crippen molar-refractivity contribution in [1.82, 2.24) is 0 Å². The number of furan rings is 1. The molecule has 0 aliphatic rings. The normalized spacial score (nSPS) is 10.9. The molecule has 0 saturated heterocycles. The minimum Gasteiger partial charge on any atom is -0.507 e. The predicted molar refractivity (Wildman–Crippen MR) is 97.5 cm³/mol. The number of carbonyl (C=O) groups is 1. The first-order chi connectivity index (χ1) is 11.6. The second kappa shape index (κ2) is 7.32. The van der Waals surface area contributed by atoms with Crippen LogP contribution in [-0.2, 0) is 10.5 Å². The van der Waals surface area contributed by atoms with E-state index in [1.165, 1.54) is 6.07 Å². The summed E-state index contributed by atoms with van der Waals surface area (Å²) in [6.07, 6.45) is 0. The van der Waals surface area contributed by atoms with Crippen LogP contribution < -0.4 is 0 Å². The summed E-state index contributed by atoms with van der Waals surface area (Å²) in [6.45, 7) is 2.03. The molecular weight excluding hydrogens is 392 g/mol. The van der Waals surface area contributed by atoms with Crippen molar-refractivity contribution in [2.75, 3.05) is 6.61 Å². The number of ether oxygens (including phenoxy) is 1. The van der Waals surface area contributed by atoms with Crippen LogP contribution in [0.3, 0.4) is 0 Å². The SMILES string of the molecule is CCOC(=O)c1c(CSc2ccccc2)oc2cc(Br)c(O)cc12. The first-order valence-electron chi connectivity index (χ1n) is 7.39. The van der Waals surface area contributed by atoms with Gasteiger partial charge in [0.15, 0.2) is 0 Å². The number of hydrogen-bond acceptors (Lipinski definition) is 5. The van der Waals surface area contributed by atoms with Crippen molar-refractivity contribution in [2.45, 2.75) is 17.6 Å². The van der Waals surface area contributed by atoms with Gasteiger partial charge in [-0.2, -0.15) is 0 Å². The zero-order chi connectivity index (χ0) is 17.1. The number of rotatable bonds is 5. The van der Waals surface area contributed by atoms with Crippen LogP contribution in [0.2, 0.25) is 0 Å². The molecule has 2 aromatic carbocycles. The fourth-order valence-electron chi connectivity index (χ4n) is 2.35. The minimum atomic E-state index is -0.443. The number of halogens is 1. The average molecular weight is 407 g/mol. The lowest BCUT2D eigenvalue weighted by Crippen LogP contribution is -2.06. The molecule has 0 saturated carbocycles. The highest BCUT2D eigenvalue weighted by Gasteiger charge is 2.23. The average Bonchev–Trinajstić information content (AvgIpc) is 2.92. The maximum Gasteiger partial charge on any atom is 0.342 e. The molecule has 0 bridgehead atoms. The molecule has 1 heterocycles. The molecule has 3 aromatic rings. The summed E-state index contributed by atoms with van der Waals surface area (Å²) in [7, 11) is 0. The molecule has 0 radical (unpaired) electrons. The zero-order valence-corrected chi connectivity index (χ0v) is 15.3. The molecular formula is C18H15BrO4S. The van der Waals surface area contributed by atoms with Gasteiger partial charge in [-0.05, 0) is 47.1 Å². The highest BCUT2D eigenvalue weighted by molar-refractivity contribution is 9.10. The van der Waals surface area contributed by atoms with Crippen LogP contribution in [0.15, 0.2) is 56.2 Å². The van der Waals surface area contributed by atoms with E-state index in [2.05, 4.69) is 15.9 Å². The number of aromatic hydroxyl groups is 1. The van der Waals surface area contributed by atoms with E-state index < -0.39 is 5.97 Å². The lowest BCUT2D eigenvalue weighted by molar-refractivity contribution is 0.0526. The molecule has 0 amide bonds. The first kappa shape index (κ1) is 16.9. The number of esters is 1. The molecule has 3 rings (SSSR count). The fraction of sp³-hybridized carbons (Fsp3) is 0.167. The van der Waals surface area contributed by atoms with E-state index in [-0.39, 0.29) is 12.4 Å². The summed E-state index contributed by atoms with van der Waals surface area (Å²) in [6, 6.07) is 13.1. The number of fused-ring (bicyclic) bond motifs is 1. The Morgan fingerprint density at radius 3 is 2.75 bits per heavy atom. The summed E-state index contributed by atoms with van der Waals surface area (Å²) in [5, 5.41) is 10.5. The Kier molecular flexibility index (Phi) is 5.16. The van der Waals surface area contributed by atoms with E-state index in [1.807, 2.05) is 30.3 Å². The van der Waals surface area contributed by atoms with Crippen molar-refractivity contribution in [3.05, 3.63) is 58.3 Å². The monoisotopic (exact) mass is 406 g/mol. The third-order valence-corrected chi connectivity index (χ3v) is 5.07. The Bertz CT molecular complexity index is 874. The molecule has 6 heteroatoms. The molecule has 0 aliphatic carbocycles. The van der Waals surface area contributed by atoms with Crippen molar-refractivity contribution in [2.24, 2.45) is 0 Å². The van der Waals surface area contributed by atoms with E-state index >= 15 is 0 Å². The van der Waals surface area contributed by atoms with Gasteiger partial charge >= 0.3 is 5.97 Å². The highest BCUT2D eigenvalue weighted by atomic mass is 79.9. The molecule has 0 atom stereocenters. The van der Waals surface area contributed by atoms with Gasteiger partial charge in [0, 0.05) is 10.3 Å². The van der Waals surface area contributed by atoms with Crippen molar-refractivity contribution in [3.8, 4) is 5.75 Å². The quantitative estimate of drug-likeness (QED) is 0.455. The van der Waals surface area contributed by atoms with Crippen molar-refractivity contribution >= 4 is 44.6 Å². The zero-order valence-electron chi connectivity index (χ0n) is 12.9. The van der Waals surface area contributed by atoms with Crippen molar-refractivity contribution < 1.29 is 19.1 Å². The summed E-state index contributed by atoms with van der Waals surface area (Å²) in [5.74, 6) is 0.637. The molecule has 0 spiro atoms.